The summed E-state index contributed by atoms with van der Waals surface area (Å²) in [4.78, 5) is 0. The second-order valence-corrected chi connectivity index (χ2v) is 3.44. The van der Waals surface area contributed by atoms with E-state index in [-0.39, 0.29) is 0 Å². The minimum Gasteiger partial charge on any atom is -0.423 e. The predicted octanol–water partition coefficient (Wildman–Crippen LogP) is -2.38. The molecule has 50 valence electrons. The summed E-state index contributed by atoms with van der Waals surface area (Å²) in [5, 5.41) is 17.4. The van der Waals surface area contributed by atoms with Crippen molar-refractivity contribution in [2.24, 2.45) is 0 Å². The van der Waals surface area contributed by atoms with Gasteiger partial charge in [-0.25, -0.2) is 0 Å². The van der Waals surface area contributed by atoms with E-state index in [0.717, 1.165) is 16.3 Å². The van der Waals surface area contributed by atoms with Crippen LogP contribution in [-0.4, -0.2) is 33.5 Å². The van der Waals surface area contributed by atoms with E-state index in [1.807, 2.05) is 12.1 Å². The van der Waals surface area contributed by atoms with Crippen molar-refractivity contribution in [3.8, 4) is 0 Å². The monoisotopic (exact) mass is 150 g/mol. The highest BCUT2D eigenvalue weighted by molar-refractivity contribution is 6.58. The average molecular weight is 150 g/mol. The molecule has 0 radical (unpaired) electrons. The van der Waals surface area contributed by atoms with Gasteiger partial charge in [-0.15, -0.1) is 4.43 Å². The van der Waals surface area contributed by atoms with Crippen LogP contribution in [0, 0.1) is 0 Å². The molecule has 0 saturated heterocycles. The highest BCUT2D eigenvalue weighted by Gasteiger charge is 2.08. The van der Waals surface area contributed by atoms with E-state index in [4.69, 9.17) is 10.0 Å². The number of benzene rings is 1. The Hall–Kier alpha value is -0.263. The van der Waals surface area contributed by atoms with E-state index in [9.17, 15) is 0 Å². The van der Waals surface area contributed by atoms with Crippen molar-refractivity contribution in [1.82, 2.24) is 0 Å². The van der Waals surface area contributed by atoms with Crippen molar-refractivity contribution in [1.29, 1.82) is 0 Å². The molecule has 2 nitrogen and oxygen atoms in total. The zero-order valence-corrected chi connectivity index (χ0v) is 7.78. The van der Waals surface area contributed by atoms with Gasteiger partial charge in [-0.1, -0.05) is 24.3 Å². The lowest BCUT2D eigenvalue weighted by molar-refractivity contribution is 0.426. The molecule has 0 amide bonds. The van der Waals surface area contributed by atoms with Crippen LogP contribution in [0.1, 0.15) is 0 Å². The van der Waals surface area contributed by atoms with Crippen LogP contribution in [-0.2, 0) is 0 Å². The predicted molar refractivity (Wildman–Crippen MR) is 44.4 cm³/mol. The molecular weight excluding hydrogens is 142 g/mol. The lowest BCUT2D eigenvalue weighted by Gasteiger charge is -1.97. The maximum Gasteiger partial charge on any atom is 0.488 e. The summed E-state index contributed by atoms with van der Waals surface area (Å²) >= 11 is 1.00. The molecule has 0 aliphatic rings. The van der Waals surface area contributed by atoms with Gasteiger partial charge in [-0.3, -0.25) is 0 Å². The van der Waals surface area contributed by atoms with Crippen molar-refractivity contribution in [3.63, 3.8) is 0 Å². The quantitative estimate of drug-likeness (QED) is 0.439. The van der Waals surface area contributed by atoms with Crippen LogP contribution in [0.15, 0.2) is 24.3 Å². The zero-order valence-electron chi connectivity index (χ0n) is 5.78. The number of hydrogen-bond acceptors (Lipinski definition) is 2. The standard InChI is InChI=1S/C6H6BO2.Al.2H/c8-7(9)6-4-2-1-3-5-6;;;/h2-5,8-9H;;;. The van der Waals surface area contributed by atoms with Crippen LogP contribution in [0.4, 0.5) is 0 Å². The number of rotatable bonds is 1. The second-order valence-electron chi connectivity index (χ2n) is 2.28. The third kappa shape index (κ3) is 1.86. The van der Waals surface area contributed by atoms with Crippen molar-refractivity contribution in [2.45, 2.75) is 0 Å². The third-order valence-electron chi connectivity index (χ3n) is 1.38. The van der Waals surface area contributed by atoms with Crippen LogP contribution in [0.25, 0.3) is 0 Å². The molecule has 0 heterocycles. The van der Waals surface area contributed by atoms with Gasteiger partial charge in [0.25, 0.3) is 16.3 Å². The minimum atomic E-state index is -1.33. The maximum absolute atomic E-state index is 8.68. The van der Waals surface area contributed by atoms with Crippen molar-refractivity contribution in [2.75, 3.05) is 0 Å². The van der Waals surface area contributed by atoms with Gasteiger partial charge in [0.05, 0.1) is 0 Å². The summed E-state index contributed by atoms with van der Waals surface area (Å²) in [6, 6.07) is 7.27. The van der Waals surface area contributed by atoms with Gasteiger partial charge >= 0.3 is 7.12 Å². The molecule has 0 bridgehead atoms. The van der Waals surface area contributed by atoms with E-state index < -0.39 is 7.12 Å². The van der Waals surface area contributed by atoms with Crippen LogP contribution in [0.3, 0.4) is 0 Å². The summed E-state index contributed by atoms with van der Waals surface area (Å²) in [5.41, 5.74) is 0.555. The highest BCUT2D eigenvalue weighted by Crippen LogP contribution is 1.79. The van der Waals surface area contributed by atoms with Crippen molar-refractivity contribution in [3.05, 3.63) is 24.3 Å². The van der Waals surface area contributed by atoms with Gasteiger partial charge in [0, 0.05) is 0 Å². The summed E-state index contributed by atoms with van der Waals surface area (Å²) < 4.78 is 1.25. The Morgan fingerprint density at radius 2 is 1.60 bits per heavy atom. The molecule has 0 unspecified atom stereocenters. The average Bonchev–Trinajstić information content (AvgIpc) is 1.88. The molecule has 2 N–H and O–H groups in total. The first-order chi connectivity index (χ1) is 4.70. The molecule has 10 heavy (non-hydrogen) atoms. The van der Waals surface area contributed by atoms with Gasteiger partial charge < -0.3 is 10.0 Å². The molecule has 0 spiro atoms. The Morgan fingerprint density at radius 1 is 1.10 bits per heavy atom. The molecule has 1 aromatic rings. The van der Waals surface area contributed by atoms with Gasteiger partial charge in [0.1, 0.15) is 0 Å². The molecule has 0 aliphatic carbocycles. The fourth-order valence-corrected chi connectivity index (χ4v) is 1.07. The Labute approximate surface area is 68.1 Å². The minimum absolute atomic E-state index is 0.555. The van der Waals surface area contributed by atoms with Crippen LogP contribution in [0.2, 0.25) is 0 Å². The largest absolute Gasteiger partial charge is 0.488 e. The SMILES string of the molecule is OB(O)c1cc[c]([AlH2])cc1. The first kappa shape index (κ1) is 7.84. The molecule has 1 aromatic carbocycles. The molecule has 0 saturated carbocycles. The van der Waals surface area contributed by atoms with Crippen LogP contribution < -0.4 is 9.89 Å². The van der Waals surface area contributed by atoms with E-state index in [2.05, 4.69) is 0 Å². The van der Waals surface area contributed by atoms with E-state index in [0.29, 0.717) is 5.46 Å². The van der Waals surface area contributed by atoms with Crippen molar-refractivity contribution >= 4 is 33.3 Å². The van der Waals surface area contributed by atoms with Crippen LogP contribution in [0.5, 0.6) is 0 Å². The summed E-state index contributed by atoms with van der Waals surface area (Å²) in [7, 11) is -1.33. The Morgan fingerprint density at radius 3 is 2.00 bits per heavy atom. The first-order valence-corrected chi connectivity index (χ1v) is 4.13. The second kappa shape index (κ2) is 3.22. The molecule has 0 aliphatic heterocycles. The summed E-state index contributed by atoms with van der Waals surface area (Å²) in [6.45, 7) is 0. The maximum atomic E-state index is 8.68. The van der Waals surface area contributed by atoms with Gasteiger partial charge in [0.15, 0.2) is 0 Å². The zero-order chi connectivity index (χ0) is 7.56. The molecule has 0 aromatic heterocycles. The van der Waals surface area contributed by atoms with Gasteiger partial charge in [0.2, 0.25) is 0 Å². The molecule has 4 heteroatoms. The summed E-state index contributed by atoms with van der Waals surface area (Å²) in [5.74, 6) is 0. The Bertz CT molecular complexity index is 209. The molecule has 0 fully saturated rings. The van der Waals surface area contributed by atoms with E-state index in [1.165, 1.54) is 4.43 Å². The highest BCUT2D eigenvalue weighted by atomic mass is 27.0. The third-order valence-corrected chi connectivity index (χ3v) is 2.04. The van der Waals surface area contributed by atoms with Gasteiger partial charge in [-0.2, -0.15) is 0 Å². The molecular formula is C6H8AlBO2. The molecule has 1 rings (SSSR count). The lowest BCUT2D eigenvalue weighted by Crippen LogP contribution is -2.30. The normalized spacial score (nSPS) is 9.40. The fourth-order valence-electron chi connectivity index (χ4n) is 0.739. The topological polar surface area (TPSA) is 40.5 Å². The van der Waals surface area contributed by atoms with Crippen LogP contribution >= 0.6 is 0 Å². The van der Waals surface area contributed by atoms with E-state index >= 15 is 0 Å². The Balaban J connectivity index is 2.89. The smallest absolute Gasteiger partial charge is 0.423 e. The number of hydrogen-bond donors (Lipinski definition) is 2. The first-order valence-electron chi connectivity index (χ1n) is 3.13. The fraction of sp³-hybridized carbons (Fsp3) is 0. The molecule has 0 atom stereocenters. The summed E-state index contributed by atoms with van der Waals surface area (Å²) in [6.07, 6.45) is 0. The van der Waals surface area contributed by atoms with E-state index in [1.54, 1.807) is 12.1 Å². The Kier molecular flexibility index (Phi) is 2.53. The van der Waals surface area contributed by atoms with Crippen molar-refractivity contribution < 1.29 is 10.0 Å². The van der Waals surface area contributed by atoms with Gasteiger partial charge in [-0.05, 0) is 5.46 Å². The lowest BCUT2D eigenvalue weighted by atomic mass is 9.81.